The number of nitrogens with one attached hydrogen (secondary N) is 1. The third kappa shape index (κ3) is 1.89. The number of ketones is 1. The summed E-state index contributed by atoms with van der Waals surface area (Å²) in [6, 6.07) is 7.61. The summed E-state index contributed by atoms with van der Waals surface area (Å²) in [5.74, 6) is 1.57. The molecular formula is C18H21NO3. The number of hydrogen-bond acceptors (Lipinski definition) is 3. The van der Waals surface area contributed by atoms with Gasteiger partial charge in [0.1, 0.15) is 11.4 Å². The van der Waals surface area contributed by atoms with Crippen LogP contribution in [0.4, 0.5) is 0 Å². The van der Waals surface area contributed by atoms with Gasteiger partial charge in [0.05, 0.1) is 12.0 Å². The second-order valence-corrected chi connectivity index (χ2v) is 7.18. The van der Waals surface area contributed by atoms with Gasteiger partial charge in [0.15, 0.2) is 5.78 Å². The molecule has 1 aliphatic heterocycles. The molecule has 2 fully saturated rings. The molecule has 2 saturated carbocycles. The monoisotopic (exact) mass is 299 g/mol. The summed E-state index contributed by atoms with van der Waals surface area (Å²) in [5, 5.41) is 3.01. The number of amides is 1. The SMILES string of the molecule is CC(C)NC(=O)C1C2CCC3(CC(=O)c4ccccc4O3)C21. The van der Waals surface area contributed by atoms with Crippen molar-refractivity contribution in [2.24, 2.45) is 17.8 Å². The van der Waals surface area contributed by atoms with Crippen LogP contribution >= 0.6 is 0 Å². The van der Waals surface area contributed by atoms with Crippen LogP contribution < -0.4 is 10.1 Å². The quantitative estimate of drug-likeness (QED) is 0.913. The van der Waals surface area contributed by atoms with Crippen LogP contribution in [0.25, 0.3) is 0 Å². The average molecular weight is 299 g/mol. The predicted molar refractivity (Wildman–Crippen MR) is 81.7 cm³/mol. The van der Waals surface area contributed by atoms with Crippen LogP contribution in [-0.4, -0.2) is 23.3 Å². The van der Waals surface area contributed by atoms with Gasteiger partial charge in [-0.25, -0.2) is 0 Å². The van der Waals surface area contributed by atoms with Crippen LogP contribution in [-0.2, 0) is 4.79 Å². The lowest BCUT2D eigenvalue weighted by atomic mass is 9.84. The van der Waals surface area contributed by atoms with Crippen molar-refractivity contribution < 1.29 is 14.3 Å². The molecule has 1 N–H and O–H groups in total. The molecule has 1 aromatic carbocycles. The van der Waals surface area contributed by atoms with Crippen LogP contribution in [0, 0.1) is 17.8 Å². The van der Waals surface area contributed by atoms with E-state index in [9.17, 15) is 9.59 Å². The van der Waals surface area contributed by atoms with Gasteiger partial charge >= 0.3 is 0 Å². The first-order valence-electron chi connectivity index (χ1n) is 8.13. The molecule has 0 saturated heterocycles. The normalized spacial score (nSPS) is 35.0. The minimum absolute atomic E-state index is 0.0224. The maximum atomic E-state index is 12.5. The number of rotatable bonds is 2. The number of carbonyl (C=O) groups is 2. The van der Waals surface area contributed by atoms with Crippen molar-refractivity contribution in [2.75, 3.05) is 0 Å². The van der Waals surface area contributed by atoms with Crippen molar-refractivity contribution in [1.82, 2.24) is 5.32 Å². The molecule has 1 aromatic rings. The summed E-state index contributed by atoms with van der Waals surface area (Å²) < 4.78 is 6.29. The number of para-hydroxylation sites is 1. The lowest BCUT2D eigenvalue weighted by molar-refractivity contribution is -0.124. The lowest BCUT2D eigenvalue weighted by Gasteiger charge is -2.37. The number of hydrogen-bond donors (Lipinski definition) is 1. The van der Waals surface area contributed by atoms with E-state index in [1.807, 2.05) is 38.1 Å². The smallest absolute Gasteiger partial charge is 0.224 e. The maximum absolute atomic E-state index is 12.5. The Morgan fingerprint density at radius 1 is 1.36 bits per heavy atom. The van der Waals surface area contributed by atoms with Crippen LogP contribution in [0.15, 0.2) is 24.3 Å². The minimum atomic E-state index is -0.449. The Kier molecular flexibility index (Phi) is 2.87. The first-order valence-corrected chi connectivity index (χ1v) is 8.13. The Morgan fingerprint density at radius 2 is 2.14 bits per heavy atom. The van der Waals surface area contributed by atoms with Crippen molar-refractivity contribution in [1.29, 1.82) is 0 Å². The Bertz CT molecular complexity index is 653. The van der Waals surface area contributed by atoms with Crippen LogP contribution in [0.2, 0.25) is 0 Å². The highest BCUT2D eigenvalue weighted by Crippen LogP contribution is 2.65. The predicted octanol–water partition coefficient (Wildman–Crippen LogP) is 2.57. The second-order valence-electron chi connectivity index (χ2n) is 7.18. The molecule has 0 radical (unpaired) electrons. The number of ether oxygens (including phenoxy) is 1. The Hall–Kier alpha value is -1.84. The van der Waals surface area contributed by atoms with Crippen LogP contribution in [0.1, 0.15) is 43.5 Å². The highest BCUT2D eigenvalue weighted by atomic mass is 16.5. The fraction of sp³-hybridized carbons (Fsp3) is 0.556. The summed E-state index contributed by atoms with van der Waals surface area (Å²) in [6.45, 7) is 3.95. The van der Waals surface area contributed by atoms with Gasteiger partial charge in [-0.05, 0) is 44.7 Å². The van der Waals surface area contributed by atoms with Gasteiger partial charge in [0.25, 0.3) is 0 Å². The van der Waals surface area contributed by atoms with Gasteiger partial charge in [0, 0.05) is 17.9 Å². The molecule has 1 heterocycles. The average Bonchev–Trinajstić information content (AvgIpc) is 3.11. The molecule has 1 spiro atoms. The van der Waals surface area contributed by atoms with E-state index in [2.05, 4.69) is 5.32 Å². The fourth-order valence-corrected chi connectivity index (χ4v) is 4.50. The summed E-state index contributed by atoms with van der Waals surface area (Å²) in [7, 11) is 0. The molecule has 0 bridgehead atoms. The highest BCUT2D eigenvalue weighted by molar-refractivity contribution is 6.00. The molecule has 22 heavy (non-hydrogen) atoms. The van der Waals surface area contributed by atoms with Crippen molar-refractivity contribution in [3.05, 3.63) is 29.8 Å². The third-order valence-corrected chi connectivity index (χ3v) is 5.37. The Morgan fingerprint density at radius 3 is 2.91 bits per heavy atom. The van der Waals surface area contributed by atoms with Gasteiger partial charge in [-0.3, -0.25) is 9.59 Å². The molecule has 4 nitrogen and oxygen atoms in total. The van der Waals surface area contributed by atoms with Crippen molar-refractivity contribution in [3.8, 4) is 5.75 Å². The molecule has 116 valence electrons. The van der Waals surface area contributed by atoms with E-state index >= 15 is 0 Å². The first-order chi connectivity index (χ1) is 10.5. The lowest BCUT2D eigenvalue weighted by Crippen LogP contribution is -2.45. The molecule has 2 aliphatic carbocycles. The zero-order chi connectivity index (χ0) is 15.5. The standard InChI is InChI=1S/C18H21NO3/c1-10(2)19-17(21)15-12-7-8-18(16(12)15)9-13(20)11-5-3-4-6-14(11)22-18/h3-6,10,12,15-16H,7-9H2,1-2H3,(H,19,21). The number of Topliss-reactive ketones (excluding diaryl/α,β-unsaturated/α-hetero) is 1. The van der Waals surface area contributed by atoms with E-state index in [-0.39, 0.29) is 29.6 Å². The second kappa shape index (κ2) is 4.58. The van der Waals surface area contributed by atoms with E-state index in [0.29, 0.717) is 23.7 Å². The van der Waals surface area contributed by atoms with Gasteiger partial charge in [-0.2, -0.15) is 0 Å². The van der Waals surface area contributed by atoms with Crippen molar-refractivity contribution in [3.63, 3.8) is 0 Å². The maximum Gasteiger partial charge on any atom is 0.224 e. The van der Waals surface area contributed by atoms with Crippen LogP contribution in [0.3, 0.4) is 0 Å². The zero-order valence-corrected chi connectivity index (χ0v) is 13.0. The van der Waals surface area contributed by atoms with Gasteiger partial charge in [0.2, 0.25) is 5.91 Å². The molecule has 3 aliphatic rings. The Labute approximate surface area is 130 Å². The van der Waals surface area contributed by atoms with E-state index < -0.39 is 5.60 Å². The summed E-state index contributed by atoms with van der Waals surface area (Å²) in [6.07, 6.45) is 2.28. The van der Waals surface area contributed by atoms with E-state index in [4.69, 9.17) is 4.74 Å². The Balaban J connectivity index is 1.59. The third-order valence-electron chi connectivity index (χ3n) is 5.37. The van der Waals surface area contributed by atoms with Gasteiger partial charge in [-0.15, -0.1) is 0 Å². The zero-order valence-electron chi connectivity index (χ0n) is 13.0. The molecular weight excluding hydrogens is 278 g/mol. The largest absolute Gasteiger partial charge is 0.486 e. The molecule has 4 heteroatoms. The molecule has 4 atom stereocenters. The fourth-order valence-electron chi connectivity index (χ4n) is 4.50. The van der Waals surface area contributed by atoms with Crippen molar-refractivity contribution >= 4 is 11.7 Å². The van der Waals surface area contributed by atoms with Crippen molar-refractivity contribution in [2.45, 2.75) is 44.8 Å². The number of fused-ring (bicyclic) bond motifs is 3. The minimum Gasteiger partial charge on any atom is -0.486 e. The molecule has 4 unspecified atom stereocenters. The van der Waals surface area contributed by atoms with E-state index in [0.717, 1.165) is 12.8 Å². The van der Waals surface area contributed by atoms with E-state index in [1.165, 1.54) is 0 Å². The van der Waals surface area contributed by atoms with Crippen LogP contribution in [0.5, 0.6) is 5.75 Å². The first kappa shape index (κ1) is 13.8. The highest BCUT2D eigenvalue weighted by Gasteiger charge is 2.70. The van der Waals surface area contributed by atoms with E-state index in [1.54, 1.807) is 0 Å². The molecule has 0 aromatic heterocycles. The number of carbonyl (C=O) groups excluding carboxylic acids is 2. The molecule has 4 rings (SSSR count). The molecule has 1 amide bonds. The summed E-state index contributed by atoms with van der Waals surface area (Å²) >= 11 is 0. The summed E-state index contributed by atoms with van der Waals surface area (Å²) in [4.78, 5) is 24.8. The van der Waals surface area contributed by atoms with Gasteiger partial charge < -0.3 is 10.1 Å². The topological polar surface area (TPSA) is 55.4 Å². The number of benzene rings is 1. The van der Waals surface area contributed by atoms with Gasteiger partial charge in [-0.1, -0.05) is 12.1 Å². The summed E-state index contributed by atoms with van der Waals surface area (Å²) in [5.41, 5.74) is 0.232.